The first-order valence-corrected chi connectivity index (χ1v) is 6.81. The van der Waals surface area contributed by atoms with Crippen molar-refractivity contribution in [1.29, 1.82) is 0 Å². The molecule has 0 aliphatic heterocycles. The van der Waals surface area contributed by atoms with Crippen molar-refractivity contribution in [2.24, 2.45) is 0 Å². The van der Waals surface area contributed by atoms with Gasteiger partial charge in [0.05, 0.1) is 0 Å². The number of rotatable bonds is 5. The summed E-state index contributed by atoms with van der Waals surface area (Å²) in [6.07, 6.45) is 0. The molecule has 94 valence electrons. The van der Waals surface area contributed by atoms with E-state index in [1.54, 1.807) is 0 Å². The number of halogens is 1. The first kappa shape index (κ1) is 13.1. The molecule has 0 heterocycles. The Kier molecular flexibility index (Phi) is 4.79. The highest BCUT2D eigenvalue weighted by molar-refractivity contribution is 9.10. The number of ether oxygens (including phenoxy) is 1. The Labute approximate surface area is 116 Å². The normalized spacial score (nSPS) is 10.3. The van der Waals surface area contributed by atoms with Gasteiger partial charge in [-0.2, -0.15) is 0 Å². The van der Waals surface area contributed by atoms with Crippen LogP contribution in [0.5, 0.6) is 11.5 Å². The summed E-state index contributed by atoms with van der Waals surface area (Å²) in [5.41, 5.74) is 1.15. The van der Waals surface area contributed by atoms with Crippen LogP contribution in [-0.4, -0.2) is 6.54 Å². The Bertz CT molecular complexity index is 499. The molecule has 0 amide bonds. The summed E-state index contributed by atoms with van der Waals surface area (Å²) in [4.78, 5) is 0. The average molecular weight is 306 g/mol. The van der Waals surface area contributed by atoms with Crippen LogP contribution in [0.1, 0.15) is 12.5 Å². The third-order valence-electron chi connectivity index (χ3n) is 2.56. The summed E-state index contributed by atoms with van der Waals surface area (Å²) in [7, 11) is 0. The van der Waals surface area contributed by atoms with Crippen molar-refractivity contribution in [3.63, 3.8) is 0 Å². The van der Waals surface area contributed by atoms with Gasteiger partial charge in [-0.15, -0.1) is 0 Å². The number of nitrogens with one attached hydrogen (secondary N) is 1. The fraction of sp³-hybridized carbons (Fsp3) is 0.200. The van der Waals surface area contributed by atoms with Crippen LogP contribution in [0.3, 0.4) is 0 Å². The maximum absolute atomic E-state index is 5.90. The van der Waals surface area contributed by atoms with E-state index >= 15 is 0 Å². The minimum absolute atomic E-state index is 0.804. The van der Waals surface area contributed by atoms with Crippen LogP contribution in [-0.2, 0) is 6.54 Å². The van der Waals surface area contributed by atoms with E-state index < -0.39 is 0 Å². The van der Waals surface area contributed by atoms with Crippen molar-refractivity contribution in [2.45, 2.75) is 13.5 Å². The van der Waals surface area contributed by atoms with E-state index in [-0.39, 0.29) is 0 Å². The second-order valence-corrected chi connectivity index (χ2v) is 4.86. The lowest BCUT2D eigenvalue weighted by atomic mass is 10.2. The number of para-hydroxylation sites is 1. The lowest BCUT2D eigenvalue weighted by Gasteiger charge is -2.12. The fourth-order valence-electron chi connectivity index (χ4n) is 1.66. The molecule has 3 heteroatoms. The number of hydrogen-bond donors (Lipinski definition) is 1. The highest BCUT2D eigenvalue weighted by Crippen LogP contribution is 2.27. The minimum Gasteiger partial charge on any atom is -0.457 e. The van der Waals surface area contributed by atoms with Crippen LogP contribution in [0, 0.1) is 0 Å². The molecule has 0 saturated heterocycles. The van der Waals surface area contributed by atoms with Gasteiger partial charge in [-0.3, -0.25) is 0 Å². The van der Waals surface area contributed by atoms with E-state index in [0.717, 1.165) is 34.6 Å². The largest absolute Gasteiger partial charge is 0.457 e. The van der Waals surface area contributed by atoms with Gasteiger partial charge in [-0.25, -0.2) is 0 Å². The van der Waals surface area contributed by atoms with Crippen molar-refractivity contribution >= 4 is 15.9 Å². The summed E-state index contributed by atoms with van der Waals surface area (Å²) in [6.45, 7) is 3.84. The van der Waals surface area contributed by atoms with Gasteiger partial charge in [-0.05, 0) is 36.9 Å². The van der Waals surface area contributed by atoms with Crippen LogP contribution < -0.4 is 10.1 Å². The molecule has 0 spiro atoms. The average Bonchev–Trinajstić information content (AvgIpc) is 2.40. The lowest BCUT2D eigenvalue weighted by Crippen LogP contribution is -2.12. The van der Waals surface area contributed by atoms with Gasteiger partial charge in [0.25, 0.3) is 0 Å². The maximum Gasteiger partial charge on any atom is 0.131 e. The maximum atomic E-state index is 5.90. The summed E-state index contributed by atoms with van der Waals surface area (Å²) < 4.78 is 6.97. The molecule has 0 aromatic heterocycles. The molecule has 2 aromatic rings. The molecule has 18 heavy (non-hydrogen) atoms. The molecule has 0 bridgehead atoms. The molecular formula is C15H16BrNO. The molecule has 0 unspecified atom stereocenters. The van der Waals surface area contributed by atoms with Gasteiger partial charge in [0, 0.05) is 16.6 Å². The van der Waals surface area contributed by atoms with Crippen LogP contribution in [0.4, 0.5) is 0 Å². The SMILES string of the molecule is CCNCc1cc(Br)ccc1Oc1ccccc1. The standard InChI is InChI=1S/C15H16BrNO/c1-2-17-11-12-10-13(16)8-9-15(12)18-14-6-4-3-5-7-14/h3-10,17H,2,11H2,1H3. The van der Waals surface area contributed by atoms with E-state index in [1.165, 1.54) is 0 Å². The van der Waals surface area contributed by atoms with E-state index in [9.17, 15) is 0 Å². The molecule has 0 aliphatic carbocycles. The van der Waals surface area contributed by atoms with Crippen LogP contribution in [0.2, 0.25) is 0 Å². The molecule has 2 rings (SSSR count). The summed E-state index contributed by atoms with van der Waals surface area (Å²) in [5, 5.41) is 3.32. The van der Waals surface area contributed by atoms with E-state index in [0.29, 0.717) is 0 Å². The third kappa shape index (κ3) is 3.59. The number of benzene rings is 2. The second kappa shape index (κ2) is 6.57. The Hall–Kier alpha value is -1.32. The highest BCUT2D eigenvalue weighted by atomic mass is 79.9. The predicted molar refractivity (Wildman–Crippen MR) is 78.0 cm³/mol. The molecule has 0 atom stereocenters. The van der Waals surface area contributed by atoms with Crippen molar-refractivity contribution in [2.75, 3.05) is 6.54 Å². The van der Waals surface area contributed by atoms with E-state index in [1.807, 2.05) is 42.5 Å². The van der Waals surface area contributed by atoms with Gasteiger partial charge in [0.15, 0.2) is 0 Å². The zero-order valence-electron chi connectivity index (χ0n) is 10.3. The van der Waals surface area contributed by atoms with Crippen LogP contribution in [0.25, 0.3) is 0 Å². The molecule has 0 saturated carbocycles. The highest BCUT2D eigenvalue weighted by Gasteiger charge is 2.05. The lowest BCUT2D eigenvalue weighted by molar-refractivity contribution is 0.473. The summed E-state index contributed by atoms with van der Waals surface area (Å²) in [6, 6.07) is 15.9. The van der Waals surface area contributed by atoms with E-state index in [2.05, 4.69) is 34.2 Å². The molecule has 0 radical (unpaired) electrons. The first-order valence-electron chi connectivity index (χ1n) is 6.01. The van der Waals surface area contributed by atoms with Crippen LogP contribution in [0.15, 0.2) is 53.0 Å². The quantitative estimate of drug-likeness (QED) is 0.886. The minimum atomic E-state index is 0.804. The van der Waals surface area contributed by atoms with Gasteiger partial charge in [0.1, 0.15) is 11.5 Å². The Morgan fingerprint density at radius 2 is 1.89 bits per heavy atom. The van der Waals surface area contributed by atoms with E-state index in [4.69, 9.17) is 4.74 Å². The first-order chi connectivity index (χ1) is 8.79. The van der Waals surface area contributed by atoms with Gasteiger partial charge >= 0.3 is 0 Å². The Morgan fingerprint density at radius 3 is 2.61 bits per heavy atom. The smallest absolute Gasteiger partial charge is 0.131 e. The Balaban J connectivity index is 2.21. The van der Waals surface area contributed by atoms with Crippen LogP contribution >= 0.6 is 15.9 Å². The molecule has 0 fully saturated rings. The van der Waals surface area contributed by atoms with Gasteiger partial charge in [-0.1, -0.05) is 41.1 Å². The van der Waals surface area contributed by atoms with Crippen molar-refractivity contribution in [3.05, 3.63) is 58.6 Å². The topological polar surface area (TPSA) is 21.3 Å². The van der Waals surface area contributed by atoms with Crippen molar-refractivity contribution < 1.29 is 4.74 Å². The molecule has 2 nitrogen and oxygen atoms in total. The van der Waals surface area contributed by atoms with Crippen molar-refractivity contribution in [1.82, 2.24) is 5.32 Å². The van der Waals surface area contributed by atoms with Crippen molar-refractivity contribution in [3.8, 4) is 11.5 Å². The monoisotopic (exact) mass is 305 g/mol. The fourth-order valence-corrected chi connectivity index (χ4v) is 2.07. The summed E-state index contributed by atoms with van der Waals surface area (Å²) in [5.74, 6) is 1.75. The third-order valence-corrected chi connectivity index (χ3v) is 3.05. The van der Waals surface area contributed by atoms with Gasteiger partial charge < -0.3 is 10.1 Å². The predicted octanol–water partition coefficient (Wildman–Crippen LogP) is 4.35. The number of hydrogen-bond acceptors (Lipinski definition) is 2. The summed E-state index contributed by atoms with van der Waals surface area (Å²) >= 11 is 3.49. The van der Waals surface area contributed by atoms with Gasteiger partial charge in [0.2, 0.25) is 0 Å². The molecule has 1 N–H and O–H groups in total. The molecular weight excluding hydrogens is 290 g/mol. The zero-order valence-corrected chi connectivity index (χ0v) is 11.9. The zero-order chi connectivity index (χ0) is 12.8. The Morgan fingerprint density at radius 1 is 1.11 bits per heavy atom. The second-order valence-electron chi connectivity index (χ2n) is 3.95. The molecule has 2 aromatic carbocycles. The molecule has 0 aliphatic rings.